The summed E-state index contributed by atoms with van der Waals surface area (Å²) < 4.78 is 9.42. The highest BCUT2D eigenvalue weighted by Crippen LogP contribution is 2.07. The van der Waals surface area contributed by atoms with E-state index in [0.29, 0.717) is 12.8 Å². The van der Waals surface area contributed by atoms with Gasteiger partial charge in [0, 0.05) is 13.3 Å². The average molecular weight is 188 g/mol. The molecule has 0 aromatic carbocycles. The first-order valence-electron chi connectivity index (χ1n) is 4.34. The summed E-state index contributed by atoms with van der Waals surface area (Å²) in [7, 11) is 1.34. The van der Waals surface area contributed by atoms with Crippen molar-refractivity contribution >= 4 is 11.9 Å². The van der Waals surface area contributed by atoms with E-state index in [1.54, 1.807) is 0 Å². The van der Waals surface area contributed by atoms with Gasteiger partial charge in [-0.3, -0.25) is 9.59 Å². The van der Waals surface area contributed by atoms with Crippen LogP contribution in [0.25, 0.3) is 0 Å². The standard InChI is InChI=1S/C9H16O4/c1-4-8(13-7(2)10)5-6-9(11)12-3/h8H,4-6H2,1-3H3. The number of carbonyl (C=O) groups excluding carboxylic acids is 2. The molecule has 1 unspecified atom stereocenters. The average Bonchev–Trinajstić information content (AvgIpc) is 2.10. The van der Waals surface area contributed by atoms with E-state index < -0.39 is 0 Å². The zero-order valence-electron chi connectivity index (χ0n) is 8.33. The number of esters is 2. The summed E-state index contributed by atoms with van der Waals surface area (Å²) in [5, 5.41) is 0. The summed E-state index contributed by atoms with van der Waals surface area (Å²) in [6.45, 7) is 3.27. The Morgan fingerprint density at radius 2 is 2.00 bits per heavy atom. The molecule has 0 saturated heterocycles. The third kappa shape index (κ3) is 6.13. The normalized spacial score (nSPS) is 11.9. The molecular formula is C9H16O4. The molecule has 0 heterocycles. The van der Waals surface area contributed by atoms with Crippen LogP contribution in [0.1, 0.15) is 33.1 Å². The first-order chi connectivity index (χ1) is 6.10. The summed E-state index contributed by atoms with van der Waals surface area (Å²) in [5.41, 5.74) is 0. The third-order valence-corrected chi connectivity index (χ3v) is 1.69. The van der Waals surface area contributed by atoms with Crippen LogP contribution in [-0.4, -0.2) is 25.2 Å². The van der Waals surface area contributed by atoms with Gasteiger partial charge in [0.2, 0.25) is 0 Å². The topological polar surface area (TPSA) is 52.6 Å². The molecule has 0 aliphatic rings. The number of methoxy groups -OCH3 is 1. The van der Waals surface area contributed by atoms with E-state index in [1.807, 2.05) is 6.92 Å². The largest absolute Gasteiger partial charge is 0.469 e. The van der Waals surface area contributed by atoms with Gasteiger partial charge in [0.05, 0.1) is 7.11 Å². The lowest BCUT2D eigenvalue weighted by Gasteiger charge is -2.13. The van der Waals surface area contributed by atoms with Crippen molar-refractivity contribution in [2.24, 2.45) is 0 Å². The van der Waals surface area contributed by atoms with E-state index in [0.717, 1.165) is 6.42 Å². The fraction of sp³-hybridized carbons (Fsp3) is 0.778. The summed E-state index contributed by atoms with van der Waals surface area (Å²) in [6.07, 6.45) is 1.37. The van der Waals surface area contributed by atoms with E-state index in [9.17, 15) is 9.59 Å². The molecule has 0 fully saturated rings. The molecule has 4 nitrogen and oxygen atoms in total. The molecule has 0 aromatic rings. The Morgan fingerprint density at radius 3 is 2.38 bits per heavy atom. The molecule has 0 spiro atoms. The second kappa shape index (κ2) is 6.46. The summed E-state index contributed by atoms with van der Waals surface area (Å²) in [4.78, 5) is 21.3. The number of hydrogen-bond acceptors (Lipinski definition) is 4. The Morgan fingerprint density at radius 1 is 1.38 bits per heavy atom. The van der Waals surface area contributed by atoms with Gasteiger partial charge in [0.25, 0.3) is 0 Å². The van der Waals surface area contributed by atoms with Gasteiger partial charge in [-0.1, -0.05) is 6.92 Å². The first-order valence-corrected chi connectivity index (χ1v) is 4.34. The molecule has 0 N–H and O–H groups in total. The van der Waals surface area contributed by atoms with Crippen molar-refractivity contribution in [2.45, 2.75) is 39.2 Å². The number of carbonyl (C=O) groups is 2. The molecule has 0 aliphatic carbocycles. The van der Waals surface area contributed by atoms with Gasteiger partial charge in [0.15, 0.2) is 0 Å². The Bertz CT molecular complexity index is 176. The van der Waals surface area contributed by atoms with Crippen molar-refractivity contribution in [1.29, 1.82) is 0 Å². The lowest BCUT2D eigenvalue weighted by atomic mass is 10.1. The van der Waals surface area contributed by atoms with Crippen LogP contribution < -0.4 is 0 Å². The molecule has 0 saturated carbocycles. The van der Waals surface area contributed by atoms with Crippen LogP contribution >= 0.6 is 0 Å². The second-order valence-corrected chi connectivity index (χ2v) is 2.75. The van der Waals surface area contributed by atoms with Crippen LogP contribution in [0.5, 0.6) is 0 Å². The molecule has 76 valence electrons. The van der Waals surface area contributed by atoms with Gasteiger partial charge in [0.1, 0.15) is 6.10 Å². The number of hydrogen-bond donors (Lipinski definition) is 0. The van der Waals surface area contributed by atoms with Crippen molar-refractivity contribution in [3.63, 3.8) is 0 Å². The quantitative estimate of drug-likeness (QED) is 0.610. The zero-order chi connectivity index (χ0) is 10.3. The Kier molecular flexibility index (Phi) is 5.93. The molecule has 13 heavy (non-hydrogen) atoms. The molecule has 0 bridgehead atoms. The maximum Gasteiger partial charge on any atom is 0.305 e. The van der Waals surface area contributed by atoms with Crippen LogP contribution in [0.4, 0.5) is 0 Å². The lowest BCUT2D eigenvalue weighted by molar-refractivity contribution is -0.149. The van der Waals surface area contributed by atoms with Crippen LogP contribution in [-0.2, 0) is 19.1 Å². The van der Waals surface area contributed by atoms with Crippen molar-refractivity contribution in [3.8, 4) is 0 Å². The molecule has 4 heteroatoms. The molecule has 0 rings (SSSR count). The Labute approximate surface area is 78.2 Å². The second-order valence-electron chi connectivity index (χ2n) is 2.75. The summed E-state index contributed by atoms with van der Waals surface area (Å²) in [6, 6.07) is 0. The van der Waals surface area contributed by atoms with Crippen LogP contribution in [0, 0.1) is 0 Å². The predicted octanol–water partition coefficient (Wildman–Crippen LogP) is 1.28. The Balaban J connectivity index is 3.71. The predicted molar refractivity (Wildman–Crippen MR) is 47.1 cm³/mol. The minimum Gasteiger partial charge on any atom is -0.469 e. The van der Waals surface area contributed by atoms with Gasteiger partial charge in [-0.25, -0.2) is 0 Å². The van der Waals surface area contributed by atoms with Crippen molar-refractivity contribution in [3.05, 3.63) is 0 Å². The smallest absolute Gasteiger partial charge is 0.305 e. The monoisotopic (exact) mass is 188 g/mol. The highest BCUT2D eigenvalue weighted by Gasteiger charge is 2.11. The minimum atomic E-state index is -0.309. The molecule has 0 radical (unpaired) electrons. The molecule has 0 amide bonds. The van der Waals surface area contributed by atoms with E-state index >= 15 is 0 Å². The third-order valence-electron chi connectivity index (χ3n) is 1.69. The van der Waals surface area contributed by atoms with E-state index in [2.05, 4.69) is 4.74 Å². The van der Waals surface area contributed by atoms with Gasteiger partial charge < -0.3 is 9.47 Å². The minimum absolute atomic E-state index is 0.170. The number of ether oxygens (including phenoxy) is 2. The fourth-order valence-electron chi connectivity index (χ4n) is 0.962. The number of rotatable bonds is 5. The first kappa shape index (κ1) is 11.9. The van der Waals surface area contributed by atoms with Crippen molar-refractivity contribution < 1.29 is 19.1 Å². The maximum atomic E-state index is 10.8. The van der Waals surface area contributed by atoms with E-state index in [-0.39, 0.29) is 18.0 Å². The zero-order valence-corrected chi connectivity index (χ0v) is 8.33. The molecule has 0 aromatic heterocycles. The van der Waals surface area contributed by atoms with Crippen LogP contribution in [0.2, 0.25) is 0 Å². The highest BCUT2D eigenvalue weighted by molar-refractivity contribution is 5.69. The highest BCUT2D eigenvalue weighted by atomic mass is 16.5. The lowest BCUT2D eigenvalue weighted by Crippen LogP contribution is -2.17. The van der Waals surface area contributed by atoms with E-state index in [4.69, 9.17) is 4.74 Å². The molecular weight excluding hydrogens is 172 g/mol. The molecule has 0 aliphatic heterocycles. The SMILES string of the molecule is CCC(CCC(=O)OC)OC(C)=O. The van der Waals surface area contributed by atoms with E-state index in [1.165, 1.54) is 14.0 Å². The molecule has 1 atom stereocenters. The Hall–Kier alpha value is -1.06. The summed E-state index contributed by atoms with van der Waals surface area (Å²) in [5.74, 6) is -0.581. The van der Waals surface area contributed by atoms with Gasteiger partial charge in [-0.05, 0) is 12.8 Å². The van der Waals surface area contributed by atoms with Crippen molar-refractivity contribution in [1.82, 2.24) is 0 Å². The van der Waals surface area contributed by atoms with Gasteiger partial charge in [-0.2, -0.15) is 0 Å². The fourth-order valence-corrected chi connectivity index (χ4v) is 0.962. The van der Waals surface area contributed by atoms with Gasteiger partial charge >= 0.3 is 11.9 Å². The summed E-state index contributed by atoms with van der Waals surface area (Å²) >= 11 is 0. The maximum absolute atomic E-state index is 10.8. The van der Waals surface area contributed by atoms with Crippen molar-refractivity contribution in [2.75, 3.05) is 7.11 Å². The van der Waals surface area contributed by atoms with Crippen LogP contribution in [0.3, 0.4) is 0 Å². The van der Waals surface area contributed by atoms with Gasteiger partial charge in [-0.15, -0.1) is 0 Å². The van der Waals surface area contributed by atoms with Crippen LogP contribution in [0.15, 0.2) is 0 Å².